The molecule has 1 nitrogen and oxygen atoms in total. The highest BCUT2D eigenvalue weighted by Crippen LogP contribution is 2.30. The summed E-state index contributed by atoms with van der Waals surface area (Å²) in [6.45, 7) is 9.59. The van der Waals surface area contributed by atoms with Gasteiger partial charge in [0.25, 0.3) is 0 Å². The Hall–Kier alpha value is -0.720. The summed E-state index contributed by atoms with van der Waals surface area (Å²) in [5.74, 6) is 1.64. The molecule has 1 heterocycles. The number of hydrogen-bond acceptors (Lipinski definition) is 1. The van der Waals surface area contributed by atoms with Gasteiger partial charge in [-0.05, 0) is 49.5 Å². The largest absolute Gasteiger partial charge is 0.375 e. The lowest BCUT2D eigenvalue weighted by atomic mass is 9.93. The van der Waals surface area contributed by atoms with Gasteiger partial charge in [0, 0.05) is 18.8 Å². The molecule has 1 atom stereocenters. The summed E-state index contributed by atoms with van der Waals surface area (Å²) in [6.07, 6.45) is 12.8. The summed E-state index contributed by atoms with van der Waals surface area (Å²) < 4.78 is 0. The van der Waals surface area contributed by atoms with E-state index in [2.05, 4.69) is 37.8 Å². The van der Waals surface area contributed by atoms with Gasteiger partial charge in [-0.1, -0.05) is 39.3 Å². The van der Waals surface area contributed by atoms with Gasteiger partial charge in [0.05, 0.1) is 0 Å². The van der Waals surface area contributed by atoms with Gasteiger partial charge in [0.15, 0.2) is 0 Å². The van der Waals surface area contributed by atoms with E-state index in [0.29, 0.717) is 5.92 Å². The first-order valence-electron chi connectivity index (χ1n) is 7.87. The zero-order chi connectivity index (χ0) is 13.0. The molecule has 1 unspecified atom stereocenters. The van der Waals surface area contributed by atoms with Gasteiger partial charge in [-0.3, -0.25) is 0 Å². The molecular formula is C17H29N. The van der Waals surface area contributed by atoms with E-state index in [0.717, 1.165) is 5.92 Å². The van der Waals surface area contributed by atoms with Crippen LogP contribution in [0.2, 0.25) is 0 Å². The molecule has 102 valence electrons. The Labute approximate surface area is 113 Å². The van der Waals surface area contributed by atoms with Crippen molar-refractivity contribution in [3.63, 3.8) is 0 Å². The predicted molar refractivity (Wildman–Crippen MR) is 79.4 cm³/mol. The van der Waals surface area contributed by atoms with Gasteiger partial charge in [-0.2, -0.15) is 0 Å². The molecule has 0 radical (unpaired) electrons. The van der Waals surface area contributed by atoms with Crippen molar-refractivity contribution in [1.29, 1.82) is 0 Å². The van der Waals surface area contributed by atoms with Crippen LogP contribution in [0.4, 0.5) is 0 Å². The number of rotatable bonds is 3. The highest BCUT2D eigenvalue weighted by molar-refractivity contribution is 5.30. The second-order valence-corrected chi connectivity index (χ2v) is 6.19. The minimum atomic E-state index is 0.668. The Morgan fingerprint density at radius 2 is 2.11 bits per heavy atom. The van der Waals surface area contributed by atoms with Crippen molar-refractivity contribution in [2.45, 2.75) is 59.3 Å². The predicted octanol–water partition coefficient (Wildman–Crippen LogP) is 4.76. The molecule has 0 spiro atoms. The fourth-order valence-electron chi connectivity index (χ4n) is 3.38. The van der Waals surface area contributed by atoms with E-state index in [4.69, 9.17) is 0 Å². The molecule has 0 aromatic carbocycles. The first-order valence-corrected chi connectivity index (χ1v) is 7.87. The van der Waals surface area contributed by atoms with E-state index in [9.17, 15) is 0 Å². The van der Waals surface area contributed by atoms with E-state index in [1.54, 1.807) is 11.3 Å². The first-order chi connectivity index (χ1) is 8.72. The van der Waals surface area contributed by atoms with Crippen LogP contribution >= 0.6 is 0 Å². The lowest BCUT2D eigenvalue weighted by Gasteiger charge is -2.31. The molecule has 1 heteroatoms. The number of allylic oxidation sites excluding steroid dienone is 4. The summed E-state index contributed by atoms with van der Waals surface area (Å²) in [6, 6.07) is 0. The van der Waals surface area contributed by atoms with Crippen LogP contribution < -0.4 is 0 Å². The summed E-state index contributed by atoms with van der Waals surface area (Å²) in [5.41, 5.74) is 3.25. The highest BCUT2D eigenvalue weighted by Gasteiger charge is 2.21. The van der Waals surface area contributed by atoms with Gasteiger partial charge in [0.2, 0.25) is 0 Å². The monoisotopic (exact) mass is 247 g/mol. The summed E-state index contributed by atoms with van der Waals surface area (Å²) in [4.78, 5) is 2.70. The molecule has 1 aliphatic heterocycles. The lowest BCUT2D eigenvalue weighted by molar-refractivity contribution is 0.330. The van der Waals surface area contributed by atoms with Crippen molar-refractivity contribution in [2.24, 2.45) is 11.8 Å². The van der Waals surface area contributed by atoms with Gasteiger partial charge in [-0.25, -0.2) is 0 Å². The quantitative estimate of drug-likeness (QED) is 0.695. The Morgan fingerprint density at radius 3 is 2.83 bits per heavy atom. The van der Waals surface area contributed by atoms with E-state index in [1.165, 1.54) is 51.6 Å². The van der Waals surface area contributed by atoms with Crippen molar-refractivity contribution < 1.29 is 0 Å². The average molecular weight is 247 g/mol. The Balaban J connectivity index is 2.11. The van der Waals surface area contributed by atoms with Crippen LogP contribution in [0.5, 0.6) is 0 Å². The third-order valence-corrected chi connectivity index (χ3v) is 4.61. The summed E-state index contributed by atoms with van der Waals surface area (Å²) >= 11 is 0. The lowest BCUT2D eigenvalue weighted by Crippen LogP contribution is -2.27. The van der Waals surface area contributed by atoms with E-state index >= 15 is 0 Å². The smallest absolute Gasteiger partial charge is 0.0177 e. The van der Waals surface area contributed by atoms with Crippen LogP contribution in [0, 0.1) is 11.8 Å². The minimum absolute atomic E-state index is 0.668. The van der Waals surface area contributed by atoms with E-state index < -0.39 is 0 Å². The zero-order valence-electron chi connectivity index (χ0n) is 12.4. The van der Waals surface area contributed by atoms with Crippen LogP contribution in [0.3, 0.4) is 0 Å². The van der Waals surface area contributed by atoms with Gasteiger partial charge in [-0.15, -0.1) is 0 Å². The van der Waals surface area contributed by atoms with Crippen LogP contribution in [-0.2, 0) is 0 Å². The van der Waals surface area contributed by atoms with Crippen molar-refractivity contribution in [2.75, 3.05) is 13.1 Å². The van der Waals surface area contributed by atoms with Crippen LogP contribution in [0.1, 0.15) is 59.3 Å². The third-order valence-electron chi connectivity index (χ3n) is 4.61. The molecule has 2 aliphatic rings. The van der Waals surface area contributed by atoms with Crippen LogP contribution in [0.25, 0.3) is 0 Å². The molecule has 1 fully saturated rings. The summed E-state index contributed by atoms with van der Waals surface area (Å²) in [7, 11) is 0. The molecule has 2 rings (SSSR count). The third kappa shape index (κ3) is 3.18. The maximum atomic E-state index is 2.70. The maximum Gasteiger partial charge on any atom is 0.0177 e. The molecule has 1 aliphatic carbocycles. The number of likely N-dealkylation sites (tertiary alicyclic amines) is 1. The molecule has 18 heavy (non-hydrogen) atoms. The van der Waals surface area contributed by atoms with Gasteiger partial charge < -0.3 is 4.90 Å². The van der Waals surface area contributed by atoms with Crippen LogP contribution in [0.15, 0.2) is 23.4 Å². The molecule has 1 saturated heterocycles. The van der Waals surface area contributed by atoms with Crippen LogP contribution in [-0.4, -0.2) is 18.0 Å². The van der Waals surface area contributed by atoms with Crippen molar-refractivity contribution in [1.82, 2.24) is 4.90 Å². The average Bonchev–Trinajstić information content (AvgIpc) is 2.63. The minimum Gasteiger partial charge on any atom is -0.375 e. The number of nitrogens with zero attached hydrogens (tertiary/aromatic N) is 1. The van der Waals surface area contributed by atoms with Crippen molar-refractivity contribution in [3.05, 3.63) is 23.4 Å². The molecule has 0 aromatic rings. The standard InChI is InChI=1S/C17H29N/c1-4-15-8-7-12-18(13-11-15)17-10-6-5-9-16(17)14(2)3/h5,9,14-15H,4,6-8,10-13H2,1-3H3. The Morgan fingerprint density at radius 1 is 1.28 bits per heavy atom. The topological polar surface area (TPSA) is 3.24 Å². The normalized spacial score (nSPS) is 25.8. The zero-order valence-corrected chi connectivity index (χ0v) is 12.4. The Kier molecular flexibility index (Phi) is 4.91. The fourth-order valence-corrected chi connectivity index (χ4v) is 3.38. The van der Waals surface area contributed by atoms with Gasteiger partial charge in [0.1, 0.15) is 0 Å². The molecule has 0 amide bonds. The molecule has 0 aromatic heterocycles. The first kappa shape index (κ1) is 13.7. The van der Waals surface area contributed by atoms with Crippen molar-refractivity contribution in [3.8, 4) is 0 Å². The SMILES string of the molecule is CCC1CCCN(C2=C(C(C)C)C=CCC2)CC1. The molecule has 0 N–H and O–H groups in total. The van der Waals surface area contributed by atoms with Gasteiger partial charge >= 0.3 is 0 Å². The van der Waals surface area contributed by atoms with Crippen molar-refractivity contribution >= 4 is 0 Å². The van der Waals surface area contributed by atoms with E-state index in [1.807, 2.05) is 0 Å². The van der Waals surface area contributed by atoms with E-state index in [-0.39, 0.29) is 0 Å². The fraction of sp³-hybridized carbons (Fsp3) is 0.765. The molecular weight excluding hydrogens is 218 g/mol. The number of hydrogen-bond donors (Lipinski definition) is 0. The maximum absolute atomic E-state index is 2.70. The molecule has 0 saturated carbocycles. The second-order valence-electron chi connectivity index (χ2n) is 6.19. The Bertz CT molecular complexity index is 325. The molecule has 0 bridgehead atoms. The summed E-state index contributed by atoms with van der Waals surface area (Å²) in [5, 5.41) is 0. The second kappa shape index (κ2) is 6.45. The highest BCUT2D eigenvalue weighted by atomic mass is 15.1.